The number of hydrogen-bond donors (Lipinski definition) is 0. The van der Waals surface area contributed by atoms with E-state index in [4.69, 9.17) is 8.60 Å². The fourth-order valence-electron chi connectivity index (χ4n) is 3.52. The summed E-state index contributed by atoms with van der Waals surface area (Å²) in [6.45, 7) is 0.636. The van der Waals surface area contributed by atoms with Crippen molar-refractivity contribution in [2.45, 2.75) is 30.8 Å². The van der Waals surface area contributed by atoms with Crippen molar-refractivity contribution in [3.8, 4) is 5.75 Å². The fourth-order valence-corrected chi connectivity index (χ4v) is 4.45. The molecule has 0 fully saturated rings. The van der Waals surface area contributed by atoms with Gasteiger partial charge in [-0.15, -0.1) is 0 Å². The Balaban J connectivity index is 1.43. The number of carbonyl (C=O) groups is 1. The Kier molecular flexibility index (Phi) is 7.62. The molecule has 8 heteroatoms. The Bertz CT molecular complexity index is 1340. The van der Waals surface area contributed by atoms with Crippen LogP contribution in [-0.4, -0.2) is 19.2 Å². The minimum atomic E-state index is -4.09. The van der Waals surface area contributed by atoms with Crippen LogP contribution in [0.25, 0.3) is 0 Å². The summed E-state index contributed by atoms with van der Waals surface area (Å²) in [4.78, 5) is 14.6. The van der Waals surface area contributed by atoms with E-state index in [1.165, 1.54) is 12.1 Å². The molecule has 6 nitrogen and oxygen atoms in total. The van der Waals surface area contributed by atoms with Gasteiger partial charge >= 0.3 is 10.1 Å². The van der Waals surface area contributed by atoms with E-state index in [0.717, 1.165) is 35.4 Å². The SMILES string of the molecule is O=C(CCc1ccccc1)N(Cc1ccc(OS(=O)(=O)c2ccc(F)cc2)cc1)Cc1ccco1. The first-order valence-corrected chi connectivity index (χ1v) is 12.4. The third kappa shape index (κ3) is 6.80. The maximum absolute atomic E-state index is 13.1. The minimum Gasteiger partial charge on any atom is -0.467 e. The standard InChI is InChI=1S/C27H24FNO5S/c28-23-11-15-26(16-12-23)35(31,32)34-24-13-8-22(9-14-24)19-29(20-25-7-4-18-33-25)27(30)17-10-21-5-2-1-3-6-21/h1-9,11-16,18H,10,17,19-20H2. The lowest BCUT2D eigenvalue weighted by molar-refractivity contribution is -0.132. The molecule has 180 valence electrons. The quantitative estimate of drug-likeness (QED) is 0.279. The fraction of sp³-hybridized carbons (Fsp3) is 0.148. The highest BCUT2D eigenvalue weighted by atomic mass is 32.2. The van der Waals surface area contributed by atoms with E-state index < -0.39 is 15.9 Å². The summed E-state index contributed by atoms with van der Waals surface area (Å²) in [5, 5.41) is 0. The number of furan rings is 1. The van der Waals surface area contributed by atoms with Crippen LogP contribution in [-0.2, 0) is 34.4 Å². The van der Waals surface area contributed by atoms with Crippen molar-refractivity contribution in [2.75, 3.05) is 0 Å². The van der Waals surface area contributed by atoms with E-state index in [1.54, 1.807) is 29.4 Å². The Morgan fingerprint density at radius 1 is 0.829 bits per heavy atom. The van der Waals surface area contributed by atoms with Crippen molar-refractivity contribution in [3.05, 3.63) is 120 Å². The summed E-state index contributed by atoms with van der Waals surface area (Å²) >= 11 is 0. The largest absolute Gasteiger partial charge is 0.467 e. The van der Waals surface area contributed by atoms with E-state index in [0.29, 0.717) is 31.7 Å². The van der Waals surface area contributed by atoms with Gasteiger partial charge in [-0.05, 0) is 66.1 Å². The third-order valence-corrected chi connectivity index (χ3v) is 6.62. The lowest BCUT2D eigenvalue weighted by atomic mass is 10.1. The molecular formula is C27H24FNO5S. The molecule has 0 unspecified atom stereocenters. The predicted molar refractivity (Wildman–Crippen MR) is 128 cm³/mol. The molecule has 0 aliphatic rings. The van der Waals surface area contributed by atoms with Crippen molar-refractivity contribution >= 4 is 16.0 Å². The summed E-state index contributed by atoms with van der Waals surface area (Å²) in [7, 11) is -4.09. The van der Waals surface area contributed by atoms with Crippen LogP contribution in [0.2, 0.25) is 0 Å². The summed E-state index contributed by atoms with van der Waals surface area (Å²) in [6, 6.07) is 24.3. The first kappa shape index (κ1) is 24.2. The first-order valence-electron chi connectivity index (χ1n) is 11.0. The van der Waals surface area contributed by atoms with E-state index in [2.05, 4.69) is 0 Å². The van der Waals surface area contributed by atoms with Gasteiger partial charge < -0.3 is 13.5 Å². The van der Waals surface area contributed by atoms with Gasteiger partial charge in [-0.1, -0.05) is 42.5 Å². The van der Waals surface area contributed by atoms with E-state index in [9.17, 15) is 17.6 Å². The highest BCUT2D eigenvalue weighted by Crippen LogP contribution is 2.21. The first-order chi connectivity index (χ1) is 16.9. The van der Waals surface area contributed by atoms with Crippen LogP contribution in [0.15, 0.2) is 107 Å². The van der Waals surface area contributed by atoms with Gasteiger partial charge in [-0.3, -0.25) is 4.79 Å². The zero-order chi connectivity index (χ0) is 24.7. The maximum atomic E-state index is 13.1. The molecule has 3 aromatic carbocycles. The Morgan fingerprint density at radius 3 is 2.20 bits per heavy atom. The zero-order valence-electron chi connectivity index (χ0n) is 18.8. The lowest BCUT2D eigenvalue weighted by Crippen LogP contribution is -2.30. The van der Waals surface area contributed by atoms with Gasteiger partial charge in [0.15, 0.2) is 0 Å². The number of aryl methyl sites for hydroxylation is 1. The van der Waals surface area contributed by atoms with Gasteiger partial charge in [0.1, 0.15) is 22.2 Å². The second-order valence-electron chi connectivity index (χ2n) is 7.95. The molecule has 0 saturated carbocycles. The van der Waals surface area contributed by atoms with Crippen LogP contribution in [0.5, 0.6) is 5.75 Å². The summed E-state index contributed by atoms with van der Waals surface area (Å²) in [5.74, 6) is 0.227. The van der Waals surface area contributed by atoms with Crippen molar-refractivity contribution < 1.29 is 26.2 Å². The van der Waals surface area contributed by atoms with Gasteiger partial charge in [-0.25, -0.2) is 4.39 Å². The molecule has 4 rings (SSSR count). The summed E-state index contributed by atoms with van der Waals surface area (Å²) in [5.41, 5.74) is 1.89. The van der Waals surface area contributed by atoms with Crippen molar-refractivity contribution in [3.63, 3.8) is 0 Å². The van der Waals surface area contributed by atoms with E-state index in [-0.39, 0.29) is 16.6 Å². The second-order valence-corrected chi connectivity index (χ2v) is 9.50. The summed E-state index contributed by atoms with van der Waals surface area (Å²) < 4.78 is 48.5. The van der Waals surface area contributed by atoms with Crippen LogP contribution in [0.4, 0.5) is 4.39 Å². The number of halogens is 1. The second kappa shape index (κ2) is 11.0. The van der Waals surface area contributed by atoms with E-state index in [1.807, 2.05) is 36.4 Å². The molecule has 0 radical (unpaired) electrons. The monoisotopic (exact) mass is 493 g/mol. The van der Waals surface area contributed by atoms with E-state index >= 15 is 0 Å². The number of rotatable bonds is 10. The third-order valence-electron chi connectivity index (χ3n) is 5.35. The van der Waals surface area contributed by atoms with Crippen molar-refractivity contribution in [1.29, 1.82) is 0 Å². The molecular weight excluding hydrogens is 469 g/mol. The number of hydrogen-bond acceptors (Lipinski definition) is 5. The Labute approximate surface area is 203 Å². The highest BCUT2D eigenvalue weighted by molar-refractivity contribution is 7.87. The van der Waals surface area contributed by atoms with Gasteiger partial charge in [-0.2, -0.15) is 8.42 Å². The molecule has 0 aliphatic heterocycles. The molecule has 1 amide bonds. The summed E-state index contributed by atoms with van der Waals surface area (Å²) in [6.07, 6.45) is 2.54. The molecule has 1 heterocycles. The van der Waals surface area contributed by atoms with Crippen LogP contribution in [0, 0.1) is 5.82 Å². The predicted octanol–water partition coefficient (Wildman–Crippen LogP) is 5.35. The van der Waals surface area contributed by atoms with Crippen molar-refractivity contribution in [2.24, 2.45) is 0 Å². The number of benzene rings is 3. The number of nitrogens with zero attached hydrogens (tertiary/aromatic N) is 1. The molecule has 0 spiro atoms. The average molecular weight is 494 g/mol. The van der Waals surface area contributed by atoms with Crippen molar-refractivity contribution in [1.82, 2.24) is 4.90 Å². The van der Waals surface area contributed by atoms with Crippen LogP contribution < -0.4 is 4.18 Å². The maximum Gasteiger partial charge on any atom is 0.339 e. The van der Waals surface area contributed by atoms with Gasteiger partial charge in [0, 0.05) is 13.0 Å². The Morgan fingerprint density at radius 2 is 1.54 bits per heavy atom. The number of carbonyl (C=O) groups excluding carboxylic acids is 1. The number of amides is 1. The molecule has 1 aromatic heterocycles. The van der Waals surface area contributed by atoms with Gasteiger partial charge in [0.05, 0.1) is 12.8 Å². The van der Waals surface area contributed by atoms with Gasteiger partial charge in [0.2, 0.25) is 5.91 Å². The van der Waals surface area contributed by atoms with Crippen LogP contribution in [0.3, 0.4) is 0 Å². The average Bonchev–Trinajstić information content (AvgIpc) is 3.37. The zero-order valence-corrected chi connectivity index (χ0v) is 19.7. The topological polar surface area (TPSA) is 76.8 Å². The minimum absolute atomic E-state index is 0.0236. The highest BCUT2D eigenvalue weighted by Gasteiger charge is 2.18. The van der Waals surface area contributed by atoms with Gasteiger partial charge in [0.25, 0.3) is 0 Å². The molecule has 0 N–H and O–H groups in total. The van der Waals surface area contributed by atoms with Crippen LogP contribution in [0.1, 0.15) is 23.3 Å². The normalized spacial score (nSPS) is 11.2. The lowest BCUT2D eigenvalue weighted by Gasteiger charge is -2.22. The Hall–Kier alpha value is -3.91. The molecule has 4 aromatic rings. The molecule has 0 atom stereocenters. The molecule has 0 bridgehead atoms. The molecule has 35 heavy (non-hydrogen) atoms. The molecule has 0 saturated heterocycles. The molecule has 0 aliphatic carbocycles. The van der Waals surface area contributed by atoms with Crippen LogP contribution >= 0.6 is 0 Å². The smallest absolute Gasteiger partial charge is 0.339 e.